The minimum Gasteiger partial charge on any atom is -0.378 e. The van der Waals surface area contributed by atoms with Crippen molar-refractivity contribution in [3.05, 3.63) is 24.0 Å². The van der Waals surface area contributed by atoms with Crippen LogP contribution in [0.2, 0.25) is 0 Å². The van der Waals surface area contributed by atoms with Crippen LogP contribution in [-0.4, -0.2) is 25.8 Å². The molecular weight excluding hydrogens is 193 g/mol. The molecule has 0 saturated carbocycles. The third-order valence-electron chi connectivity index (χ3n) is 1.40. The number of alkyl halides is 3. The van der Waals surface area contributed by atoms with Crippen LogP contribution in [-0.2, 0) is 0 Å². The zero-order chi connectivity index (χ0) is 11.1. The van der Waals surface area contributed by atoms with Gasteiger partial charge in [-0.05, 0) is 19.1 Å². The first-order chi connectivity index (χ1) is 6.43. The molecule has 0 aliphatic rings. The second kappa shape index (κ2) is 6.23. The van der Waals surface area contributed by atoms with Gasteiger partial charge in [-0.15, -0.1) is 0 Å². The predicted molar refractivity (Wildman–Crippen MR) is 50.4 cm³/mol. The number of anilines is 1. The molecule has 0 amide bonds. The first kappa shape index (κ1) is 12.7. The minimum atomic E-state index is -3.67. The molecule has 0 unspecified atom stereocenters. The normalized spacial score (nSPS) is 9.36. The summed E-state index contributed by atoms with van der Waals surface area (Å²) in [6.45, 7) is -1.67. The molecule has 0 radical (unpaired) electrons. The third kappa shape index (κ3) is 6.28. The van der Waals surface area contributed by atoms with Crippen LogP contribution in [0.5, 0.6) is 0 Å². The highest BCUT2D eigenvalue weighted by molar-refractivity contribution is 5.44. The summed E-state index contributed by atoms with van der Waals surface area (Å²) in [7, 11) is 4.05. The van der Waals surface area contributed by atoms with Crippen LogP contribution < -0.4 is 4.90 Å². The number of aromatic nitrogens is 1. The highest BCUT2D eigenvalue weighted by atomic mass is 19.4. The van der Waals surface area contributed by atoms with Crippen LogP contribution in [0.25, 0.3) is 0 Å². The Bertz CT molecular complexity index is 261. The Kier molecular flexibility index (Phi) is 5.67. The van der Waals surface area contributed by atoms with E-state index < -0.39 is 6.68 Å². The van der Waals surface area contributed by atoms with Crippen molar-refractivity contribution in [1.82, 2.24) is 4.98 Å². The standard InChI is InChI=1S/C8H12N2.CHF3/c1-7-6-8(10(2)3)4-5-9-7;2-1(3)4/h4-6H,1-3H3;1H. The Hall–Kier alpha value is -1.26. The van der Waals surface area contributed by atoms with Gasteiger partial charge in [-0.3, -0.25) is 4.98 Å². The van der Waals surface area contributed by atoms with Gasteiger partial charge < -0.3 is 4.90 Å². The van der Waals surface area contributed by atoms with Gasteiger partial charge in [0.1, 0.15) is 0 Å². The molecule has 0 bridgehead atoms. The van der Waals surface area contributed by atoms with Gasteiger partial charge in [0.15, 0.2) is 0 Å². The molecule has 0 saturated heterocycles. The Balaban J connectivity index is 0.000000364. The summed E-state index contributed by atoms with van der Waals surface area (Å²) in [5, 5.41) is 0. The van der Waals surface area contributed by atoms with E-state index in [1.54, 1.807) is 0 Å². The Morgan fingerprint density at radius 2 is 1.79 bits per heavy atom. The van der Waals surface area contributed by atoms with Crippen LogP contribution in [0.3, 0.4) is 0 Å². The van der Waals surface area contributed by atoms with Gasteiger partial charge >= 0.3 is 6.68 Å². The van der Waals surface area contributed by atoms with Gasteiger partial charge in [0, 0.05) is 31.7 Å². The molecule has 0 N–H and O–H groups in total. The van der Waals surface area contributed by atoms with Gasteiger partial charge in [-0.1, -0.05) is 0 Å². The number of hydrogen-bond donors (Lipinski definition) is 0. The van der Waals surface area contributed by atoms with Crippen molar-refractivity contribution in [1.29, 1.82) is 0 Å². The maximum atomic E-state index is 9.67. The fraction of sp³-hybridized carbons (Fsp3) is 0.444. The summed E-state index contributed by atoms with van der Waals surface area (Å²) in [6.07, 6.45) is 1.82. The Morgan fingerprint density at radius 3 is 2.07 bits per heavy atom. The van der Waals surface area contributed by atoms with Crippen molar-refractivity contribution in [3.8, 4) is 0 Å². The van der Waals surface area contributed by atoms with Crippen LogP contribution in [0.4, 0.5) is 18.9 Å². The van der Waals surface area contributed by atoms with Crippen LogP contribution in [0.1, 0.15) is 5.69 Å². The summed E-state index contributed by atoms with van der Waals surface area (Å²) in [6, 6.07) is 4.05. The lowest BCUT2D eigenvalue weighted by Crippen LogP contribution is -2.08. The monoisotopic (exact) mass is 206 g/mol. The molecule has 2 nitrogen and oxygen atoms in total. The Labute approximate surface area is 81.4 Å². The van der Waals surface area contributed by atoms with Gasteiger partial charge in [-0.25, -0.2) is 0 Å². The molecule has 0 aliphatic carbocycles. The Morgan fingerprint density at radius 1 is 1.29 bits per heavy atom. The lowest BCUT2D eigenvalue weighted by molar-refractivity contribution is 0.00819. The number of halogens is 3. The first-order valence-electron chi connectivity index (χ1n) is 3.95. The molecule has 0 spiro atoms. The van der Waals surface area contributed by atoms with E-state index in [4.69, 9.17) is 0 Å². The molecular formula is C9H13F3N2. The van der Waals surface area contributed by atoms with Crippen molar-refractivity contribution in [2.75, 3.05) is 19.0 Å². The zero-order valence-electron chi connectivity index (χ0n) is 8.34. The van der Waals surface area contributed by atoms with Crippen molar-refractivity contribution >= 4 is 5.69 Å². The van der Waals surface area contributed by atoms with Gasteiger partial charge in [0.05, 0.1) is 0 Å². The van der Waals surface area contributed by atoms with E-state index in [2.05, 4.69) is 16.0 Å². The molecule has 0 fully saturated rings. The van der Waals surface area contributed by atoms with E-state index in [0.29, 0.717) is 0 Å². The molecule has 0 aromatic carbocycles. The van der Waals surface area contributed by atoms with Crippen LogP contribution in [0.15, 0.2) is 18.3 Å². The van der Waals surface area contributed by atoms with Gasteiger partial charge in [0.25, 0.3) is 0 Å². The lowest BCUT2D eigenvalue weighted by Gasteiger charge is -2.11. The molecule has 80 valence electrons. The molecule has 0 atom stereocenters. The summed E-state index contributed by atoms with van der Waals surface area (Å²) in [5.41, 5.74) is 2.26. The summed E-state index contributed by atoms with van der Waals surface area (Å²) < 4.78 is 29.0. The van der Waals surface area contributed by atoms with E-state index >= 15 is 0 Å². The summed E-state index contributed by atoms with van der Waals surface area (Å²) in [5.74, 6) is 0. The second-order valence-electron chi connectivity index (χ2n) is 2.80. The topological polar surface area (TPSA) is 16.1 Å². The van der Waals surface area contributed by atoms with E-state index in [-0.39, 0.29) is 0 Å². The SMILES string of the molecule is Cc1cc(N(C)C)ccn1.FC(F)F. The second-order valence-corrected chi connectivity index (χ2v) is 2.80. The average Bonchev–Trinajstić information content (AvgIpc) is 2.03. The third-order valence-corrected chi connectivity index (χ3v) is 1.40. The number of pyridine rings is 1. The van der Waals surface area contributed by atoms with Crippen molar-refractivity contribution in [2.24, 2.45) is 0 Å². The fourth-order valence-electron chi connectivity index (χ4n) is 0.809. The predicted octanol–water partition coefficient (Wildman–Crippen LogP) is 2.63. The van der Waals surface area contributed by atoms with E-state index in [1.165, 1.54) is 5.69 Å². The van der Waals surface area contributed by atoms with Gasteiger partial charge in [-0.2, -0.15) is 13.2 Å². The van der Waals surface area contributed by atoms with E-state index in [9.17, 15) is 13.2 Å². The highest BCUT2D eigenvalue weighted by Crippen LogP contribution is 2.09. The molecule has 1 heterocycles. The number of rotatable bonds is 1. The largest absolute Gasteiger partial charge is 0.379 e. The summed E-state index contributed by atoms with van der Waals surface area (Å²) >= 11 is 0. The minimum absolute atomic E-state index is 1.06. The van der Waals surface area contributed by atoms with Gasteiger partial charge in [0.2, 0.25) is 0 Å². The van der Waals surface area contributed by atoms with Crippen molar-refractivity contribution < 1.29 is 13.2 Å². The number of hydrogen-bond acceptors (Lipinski definition) is 2. The molecule has 1 aromatic heterocycles. The first-order valence-corrected chi connectivity index (χ1v) is 3.95. The maximum Gasteiger partial charge on any atom is 0.379 e. The molecule has 1 aromatic rings. The number of aryl methyl sites for hydroxylation is 1. The lowest BCUT2D eigenvalue weighted by atomic mass is 10.3. The molecule has 1 rings (SSSR count). The van der Waals surface area contributed by atoms with Crippen LogP contribution in [0, 0.1) is 6.92 Å². The highest BCUT2D eigenvalue weighted by Gasteiger charge is 1.92. The smallest absolute Gasteiger partial charge is 0.378 e. The molecule has 5 heteroatoms. The van der Waals surface area contributed by atoms with Crippen LogP contribution >= 0.6 is 0 Å². The van der Waals surface area contributed by atoms with Crippen molar-refractivity contribution in [3.63, 3.8) is 0 Å². The zero-order valence-corrected chi connectivity index (χ0v) is 8.34. The fourth-order valence-corrected chi connectivity index (χ4v) is 0.809. The quantitative estimate of drug-likeness (QED) is 0.702. The molecule has 14 heavy (non-hydrogen) atoms. The summed E-state index contributed by atoms with van der Waals surface area (Å²) in [4.78, 5) is 6.16. The van der Waals surface area contributed by atoms with E-state index in [1.807, 2.05) is 33.3 Å². The van der Waals surface area contributed by atoms with E-state index in [0.717, 1.165) is 5.69 Å². The number of nitrogens with zero attached hydrogens (tertiary/aromatic N) is 2. The maximum absolute atomic E-state index is 9.67. The van der Waals surface area contributed by atoms with Crippen molar-refractivity contribution in [2.45, 2.75) is 13.6 Å². The molecule has 0 aliphatic heterocycles. The average molecular weight is 206 g/mol.